The second-order valence-electron chi connectivity index (χ2n) is 1.37. The monoisotopic (exact) mass is 285 g/mol. The topological polar surface area (TPSA) is 35.5 Å². The van der Waals surface area contributed by atoms with E-state index >= 15 is 0 Å². The third kappa shape index (κ3) is 5.24. The van der Waals surface area contributed by atoms with Gasteiger partial charge in [-0.05, 0) is 0 Å². The molecule has 0 unspecified atom stereocenters. The van der Waals surface area contributed by atoms with Crippen molar-refractivity contribution in [1.82, 2.24) is 0 Å². The van der Waals surface area contributed by atoms with E-state index in [2.05, 4.69) is 7.80 Å². The van der Waals surface area contributed by atoms with Crippen LogP contribution in [0.2, 0.25) is 0 Å². The van der Waals surface area contributed by atoms with Crippen LogP contribution in [0.4, 0.5) is 13.2 Å². The fourth-order valence-electron chi connectivity index (χ4n) is 0.160. The maximum absolute atomic E-state index is 11.4. The van der Waals surface area contributed by atoms with Crippen LogP contribution in [-0.2, 0) is 12.6 Å². The number of hydrogen-bond donors (Lipinski definition) is 0. The van der Waals surface area contributed by atoms with Gasteiger partial charge >= 0.3 is 71.3 Å². The number of methoxy groups -OCH3 is 1. The predicted octanol–water partition coefficient (Wildman–Crippen LogP) is -2.30. The van der Waals surface area contributed by atoms with Crippen LogP contribution in [0, 0.1) is 0 Å². The first-order chi connectivity index (χ1) is 4.98. The Morgan fingerprint density at radius 3 is 2.45 bits per heavy atom. The molecular formula is C4H5F3IO3-. The van der Waals surface area contributed by atoms with Gasteiger partial charge in [-0.25, -0.2) is 0 Å². The molecule has 0 aliphatic carbocycles. The predicted molar refractivity (Wildman–Crippen MR) is 24.0 cm³/mol. The second-order valence-corrected chi connectivity index (χ2v) is 3.06. The van der Waals surface area contributed by atoms with Gasteiger partial charge in [0.1, 0.15) is 0 Å². The molecule has 0 spiro atoms. The molecule has 0 aliphatic rings. The molecule has 0 rings (SSSR count). The van der Waals surface area contributed by atoms with Crippen LogP contribution < -0.4 is 21.6 Å². The van der Waals surface area contributed by atoms with Crippen molar-refractivity contribution in [2.24, 2.45) is 0 Å². The zero-order valence-corrected chi connectivity index (χ0v) is 7.60. The summed E-state index contributed by atoms with van der Waals surface area (Å²) in [5.41, 5.74) is 0. The van der Waals surface area contributed by atoms with Crippen molar-refractivity contribution in [2.75, 3.05) is 11.7 Å². The van der Waals surface area contributed by atoms with Crippen LogP contribution >= 0.6 is 0 Å². The van der Waals surface area contributed by atoms with E-state index in [9.17, 15) is 18.0 Å². The number of alkyl halides is 4. The number of carbonyl (C=O) groups is 1. The van der Waals surface area contributed by atoms with Crippen molar-refractivity contribution in [3.8, 4) is 0 Å². The van der Waals surface area contributed by atoms with Crippen LogP contribution in [0.5, 0.6) is 0 Å². The summed E-state index contributed by atoms with van der Waals surface area (Å²) in [5.74, 6) is -2.14. The molecule has 0 saturated carbocycles. The molecule has 11 heavy (non-hydrogen) atoms. The van der Waals surface area contributed by atoms with Crippen LogP contribution in [0.25, 0.3) is 0 Å². The van der Waals surface area contributed by atoms with Gasteiger partial charge < -0.3 is 0 Å². The standard InChI is InChI=1S/C4H5F3IO3/c1-10-2-8-11-3(9)4(5,6)7/h2H2,1H3/q-1. The summed E-state index contributed by atoms with van der Waals surface area (Å²) in [6, 6.07) is 0. The van der Waals surface area contributed by atoms with Crippen LogP contribution in [0.15, 0.2) is 0 Å². The van der Waals surface area contributed by atoms with E-state index in [4.69, 9.17) is 0 Å². The van der Waals surface area contributed by atoms with E-state index in [0.717, 1.165) is 0 Å². The van der Waals surface area contributed by atoms with E-state index in [1.807, 2.05) is 0 Å². The van der Waals surface area contributed by atoms with Crippen LogP contribution in [-0.4, -0.2) is 23.9 Å². The third-order valence-corrected chi connectivity index (χ3v) is 2.10. The molecule has 0 aromatic heterocycles. The summed E-state index contributed by atoms with van der Waals surface area (Å²) in [6.07, 6.45) is -4.88. The van der Waals surface area contributed by atoms with Gasteiger partial charge in [-0.15, -0.1) is 0 Å². The molecule has 7 heteroatoms. The minimum atomic E-state index is -4.88. The first-order valence-electron chi connectivity index (χ1n) is 2.34. The molecule has 0 N–H and O–H groups in total. The Labute approximate surface area is 71.7 Å². The Hall–Kier alpha value is -0.0500. The quantitative estimate of drug-likeness (QED) is 0.332. The molecule has 0 heterocycles. The van der Waals surface area contributed by atoms with Crippen LogP contribution in [0.1, 0.15) is 0 Å². The fourth-order valence-corrected chi connectivity index (χ4v) is 1.07. The SMILES string of the molecule is COC[I-]OC(=O)C(F)(F)F. The Morgan fingerprint density at radius 1 is 1.55 bits per heavy atom. The maximum atomic E-state index is 11.4. The van der Waals surface area contributed by atoms with Gasteiger partial charge in [-0.3, -0.25) is 0 Å². The molecule has 0 saturated heterocycles. The second kappa shape index (κ2) is 4.75. The molecule has 0 amide bonds. The van der Waals surface area contributed by atoms with E-state index < -0.39 is 33.8 Å². The van der Waals surface area contributed by atoms with E-state index in [1.165, 1.54) is 7.11 Å². The summed E-state index contributed by atoms with van der Waals surface area (Å²) in [6.45, 7) is 0. The van der Waals surface area contributed by atoms with Gasteiger partial charge in [0, 0.05) is 0 Å². The average molecular weight is 285 g/mol. The zero-order chi connectivity index (χ0) is 8.91. The van der Waals surface area contributed by atoms with E-state index in [-0.39, 0.29) is 4.61 Å². The Kier molecular flexibility index (Phi) is 4.73. The van der Waals surface area contributed by atoms with Crippen molar-refractivity contribution in [1.29, 1.82) is 0 Å². The first-order valence-corrected chi connectivity index (χ1v) is 4.75. The summed E-state index contributed by atoms with van der Waals surface area (Å²) in [7, 11) is 1.32. The van der Waals surface area contributed by atoms with Crippen molar-refractivity contribution >= 4 is 5.97 Å². The van der Waals surface area contributed by atoms with Gasteiger partial charge in [0.25, 0.3) is 0 Å². The van der Waals surface area contributed by atoms with E-state index in [1.54, 1.807) is 0 Å². The Bertz CT molecular complexity index is 135. The summed E-state index contributed by atoms with van der Waals surface area (Å²) >= 11 is -1.27. The van der Waals surface area contributed by atoms with Gasteiger partial charge in [0.05, 0.1) is 0 Å². The number of hydrogen-bond acceptors (Lipinski definition) is 3. The molecular weight excluding hydrogens is 280 g/mol. The summed E-state index contributed by atoms with van der Waals surface area (Å²) in [5, 5.41) is 0. The molecule has 0 atom stereocenters. The zero-order valence-electron chi connectivity index (χ0n) is 5.44. The number of halogens is 4. The van der Waals surface area contributed by atoms with Crippen molar-refractivity contribution in [2.45, 2.75) is 6.18 Å². The minimum absolute atomic E-state index is 0.0701. The van der Waals surface area contributed by atoms with Gasteiger partial charge in [0.2, 0.25) is 0 Å². The first kappa shape index (κ1) is 11.0. The van der Waals surface area contributed by atoms with Crippen molar-refractivity contribution in [3.63, 3.8) is 0 Å². The van der Waals surface area contributed by atoms with E-state index in [0.29, 0.717) is 0 Å². The average Bonchev–Trinajstić information content (AvgIpc) is 1.86. The molecule has 0 bridgehead atoms. The van der Waals surface area contributed by atoms with Crippen molar-refractivity contribution in [3.05, 3.63) is 0 Å². The summed E-state index contributed by atoms with van der Waals surface area (Å²) in [4.78, 5) is 9.96. The fraction of sp³-hybridized carbons (Fsp3) is 0.750. The Balaban J connectivity index is 3.54. The molecule has 0 aromatic rings. The molecule has 0 aromatic carbocycles. The summed E-state index contributed by atoms with van der Waals surface area (Å²) < 4.78 is 42.5. The van der Waals surface area contributed by atoms with Crippen LogP contribution in [0.3, 0.4) is 0 Å². The van der Waals surface area contributed by atoms with Gasteiger partial charge in [-0.1, -0.05) is 0 Å². The number of rotatable bonds is 3. The molecule has 0 radical (unpaired) electrons. The molecule has 0 fully saturated rings. The normalized spacial score (nSPS) is 11.6. The number of ether oxygens (including phenoxy) is 1. The van der Waals surface area contributed by atoms with Gasteiger partial charge in [0.15, 0.2) is 0 Å². The molecule has 3 nitrogen and oxygen atoms in total. The Morgan fingerprint density at radius 2 is 2.09 bits per heavy atom. The van der Waals surface area contributed by atoms with Gasteiger partial charge in [-0.2, -0.15) is 0 Å². The molecule has 68 valence electrons. The number of carbonyl (C=O) groups excluding carboxylic acids is 1. The molecule has 0 aliphatic heterocycles. The van der Waals surface area contributed by atoms with Crippen molar-refractivity contribution < 1.29 is 47.4 Å². The third-order valence-electron chi connectivity index (χ3n) is 0.510.